The zero-order valence-electron chi connectivity index (χ0n) is 19.6. The van der Waals surface area contributed by atoms with Gasteiger partial charge in [-0.3, -0.25) is 15.9 Å². The van der Waals surface area contributed by atoms with E-state index < -0.39 is 24.4 Å². The molecule has 3 rings (SSSR count). The molecule has 0 aromatic heterocycles. The molecule has 4 N–H and O–H groups in total. The fourth-order valence-electron chi connectivity index (χ4n) is 3.63. The molecular formula is C24H32F3N5O2. The van der Waals surface area contributed by atoms with Crippen molar-refractivity contribution in [1.29, 1.82) is 5.41 Å². The number of nitrogens with two attached hydrogens (primary N) is 1. The minimum Gasteiger partial charge on any atom is -0.453 e. The van der Waals surface area contributed by atoms with Crippen LogP contribution in [0.5, 0.6) is 0 Å². The number of anilines is 2. The first-order chi connectivity index (χ1) is 16.3. The minimum atomic E-state index is -2.96. The van der Waals surface area contributed by atoms with Gasteiger partial charge in [0.1, 0.15) is 5.82 Å². The number of halogens is 3. The number of amides is 1. The van der Waals surface area contributed by atoms with E-state index in [1.807, 2.05) is 43.0 Å². The summed E-state index contributed by atoms with van der Waals surface area (Å²) in [5.41, 5.74) is 6.93. The predicted octanol–water partition coefficient (Wildman–Crippen LogP) is 3.70. The maximum absolute atomic E-state index is 14.7. The van der Waals surface area contributed by atoms with Crippen LogP contribution >= 0.6 is 0 Å². The fourth-order valence-corrected chi connectivity index (χ4v) is 3.63. The van der Waals surface area contributed by atoms with Gasteiger partial charge < -0.3 is 19.9 Å². The smallest absolute Gasteiger partial charge is 0.288 e. The Kier molecular flexibility index (Phi) is 10.3. The van der Waals surface area contributed by atoms with E-state index in [1.54, 1.807) is 11.9 Å². The lowest BCUT2D eigenvalue weighted by Crippen LogP contribution is -2.36. The van der Waals surface area contributed by atoms with Crippen molar-refractivity contribution in [3.63, 3.8) is 0 Å². The first-order valence-corrected chi connectivity index (χ1v) is 11.1. The largest absolute Gasteiger partial charge is 0.453 e. The van der Waals surface area contributed by atoms with Crippen LogP contribution in [0.1, 0.15) is 31.4 Å². The van der Waals surface area contributed by atoms with E-state index in [0.29, 0.717) is 12.1 Å². The summed E-state index contributed by atoms with van der Waals surface area (Å²) in [5, 5.41) is 11.0. The molecule has 1 heterocycles. The van der Waals surface area contributed by atoms with E-state index in [4.69, 9.17) is 11.1 Å². The van der Waals surface area contributed by atoms with Gasteiger partial charge in [0.2, 0.25) is 18.5 Å². The number of benzene rings is 2. The Morgan fingerprint density at radius 2 is 1.94 bits per heavy atom. The molecule has 2 unspecified atom stereocenters. The third kappa shape index (κ3) is 6.71. The summed E-state index contributed by atoms with van der Waals surface area (Å²) in [4.78, 5) is 15.3. The van der Waals surface area contributed by atoms with Gasteiger partial charge in [-0.2, -0.15) is 0 Å². The van der Waals surface area contributed by atoms with Crippen LogP contribution in [-0.4, -0.2) is 51.1 Å². The predicted molar refractivity (Wildman–Crippen MR) is 128 cm³/mol. The van der Waals surface area contributed by atoms with Crippen LogP contribution in [0, 0.1) is 11.2 Å². The normalized spacial score (nSPS) is 15.8. The molecule has 2 aromatic rings. The number of nitrogens with one attached hydrogen (secondary N) is 2. The number of hydrogen-bond acceptors (Lipinski definition) is 6. The van der Waals surface area contributed by atoms with Gasteiger partial charge in [0.25, 0.3) is 6.43 Å². The van der Waals surface area contributed by atoms with Crippen LogP contribution in [-0.2, 0) is 16.1 Å². The molecular weight excluding hydrogens is 447 g/mol. The molecule has 1 fully saturated rings. The molecule has 1 amide bonds. The summed E-state index contributed by atoms with van der Waals surface area (Å²) < 4.78 is 44.4. The Hall–Kier alpha value is -3.11. The zero-order valence-corrected chi connectivity index (χ0v) is 19.6. The molecule has 0 saturated carbocycles. The van der Waals surface area contributed by atoms with Crippen molar-refractivity contribution in [2.75, 3.05) is 29.9 Å². The van der Waals surface area contributed by atoms with Crippen molar-refractivity contribution in [2.24, 2.45) is 5.73 Å². The molecule has 10 heteroatoms. The Bertz CT molecular complexity index is 954. The highest BCUT2D eigenvalue weighted by molar-refractivity contribution is 5.91. The van der Waals surface area contributed by atoms with E-state index in [2.05, 4.69) is 10.1 Å². The summed E-state index contributed by atoms with van der Waals surface area (Å²) in [6.45, 7) is 5.73. The molecule has 0 aliphatic carbocycles. The molecule has 0 bridgehead atoms. The van der Waals surface area contributed by atoms with Gasteiger partial charge in [-0.1, -0.05) is 32.0 Å². The summed E-state index contributed by atoms with van der Waals surface area (Å²) in [6, 6.07) is 11.4. The molecule has 2 aromatic carbocycles. The van der Waals surface area contributed by atoms with Crippen LogP contribution in [0.4, 0.5) is 24.5 Å². The SMILES string of the molecule is CC.CN(Cc1ccc(C(=N)OC(N)C(F)F)cc1F)c1ccccc1N(C=O)C1CCNC1. The van der Waals surface area contributed by atoms with E-state index in [9.17, 15) is 18.0 Å². The Labute approximate surface area is 198 Å². The first-order valence-electron chi connectivity index (χ1n) is 11.1. The second-order valence-corrected chi connectivity index (χ2v) is 7.56. The monoisotopic (exact) mass is 479 g/mol. The third-order valence-electron chi connectivity index (χ3n) is 5.34. The van der Waals surface area contributed by atoms with Gasteiger partial charge in [-0.05, 0) is 37.2 Å². The topological polar surface area (TPSA) is 94.7 Å². The van der Waals surface area contributed by atoms with Crippen molar-refractivity contribution < 1.29 is 22.7 Å². The number of hydrogen-bond donors (Lipinski definition) is 3. The molecule has 0 spiro atoms. The van der Waals surface area contributed by atoms with Crippen molar-refractivity contribution in [3.05, 3.63) is 59.4 Å². The van der Waals surface area contributed by atoms with Crippen molar-refractivity contribution in [2.45, 2.75) is 45.5 Å². The van der Waals surface area contributed by atoms with E-state index in [0.717, 1.165) is 36.8 Å². The number of rotatable bonds is 9. The van der Waals surface area contributed by atoms with Crippen molar-refractivity contribution in [1.82, 2.24) is 5.32 Å². The molecule has 1 saturated heterocycles. The highest BCUT2D eigenvalue weighted by atomic mass is 19.3. The summed E-state index contributed by atoms with van der Waals surface area (Å²) in [5.74, 6) is -1.24. The minimum absolute atomic E-state index is 0.00580. The second kappa shape index (κ2) is 13.0. The first kappa shape index (κ1) is 27.1. The lowest BCUT2D eigenvalue weighted by Gasteiger charge is -2.30. The summed E-state index contributed by atoms with van der Waals surface area (Å²) in [6.07, 6.45) is -3.26. The molecule has 1 aliphatic heterocycles. The van der Waals surface area contributed by atoms with Crippen LogP contribution in [0.2, 0.25) is 0 Å². The van der Waals surface area contributed by atoms with Gasteiger partial charge in [0.05, 0.1) is 17.4 Å². The van der Waals surface area contributed by atoms with E-state index in [-0.39, 0.29) is 18.2 Å². The standard InChI is InChI=1S/C22H26F3N5O2.C2H6/c1-29(18-4-2-3-5-19(18)30(13-31)16-8-9-28-11-16)12-15-7-6-14(10-17(15)23)21(26)32-22(27)20(24)25;1-2/h2-7,10,13,16,20,22,26,28H,8-9,11-12,27H2,1H3;1-2H3. The molecule has 34 heavy (non-hydrogen) atoms. The fraction of sp³-hybridized carbons (Fsp3) is 0.417. The van der Waals surface area contributed by atoms with Crippen LogP contribution in [0.3, 0.4) is 0 Å². The number of carbonyl (C=O) groups is 1. The zero-order chi connectivity index (χ0) is 25.3. The lowest BCUT2D eigenvalue weighted by atomic mass is 10.1. The molecule has 186 valence electrons. The molecule has 1 aliphatic rings. The summed E-state index contributed by atoms with van der Waals surface area (Å²) in [7, 11) is 1.79. The van der Waals surface area contributed by atoms with Crippen molar-refractivity contribution >= 4 is 23.7 Å². The average Bonchev–Trinajstić information content (AvgIpc) is 3.37. The average molecular weight is 480 g/mol. The lowest BCUT2D eigenvalue weighted by molar-refractivity contribution is -0.107. The second-order valence-electron chi connectivity index (χ2n) is 7.56. The van der Waals surface area contributed by atoms with Crippen LogP contribution in [0.25, 0.3) is 0 Å². The molecule has 2 atom stereocenters. The maximum atomic E-state index is 14.7. The molecule has 0 radical (unpaired) electrons. The molecule has 7 nitrogen and oxygen atoms in total. The number of carbonyl (C=O) groups excluding carboxylic acids is 1. The van der Waals surface area contributed by atoms with E-state index >= 15 is 0 Å². The highest BCUT2D eigenvalue weighted by Gasteiger charge is 2.25. The quantitative estimate of drug-likeness (QED) is 0.221. The number of nitrogens with zero attached hydrogens (tertiary/aromatic N) is 2. The Morgan fingerprint density at radius 1 is 1.26 bits per heavy atom. The van der Waals surface area contributed by atoms with Gasteiger partial charge >= 0.3 is 0 Å². The van der Waals surface area contributed by atoms with Crippen LogP contribution in [0.15, 0.2) is 42.5 Å². The van der Waals surface area contributed by atoms with Gasteiger partial charge in [-0.15, -0.1) is 0 Å². The Balaban J connectivity index is 0.00000199. The third-order valence-corrected chi connectivity index (χ3v) is 5.34. The summed E-state index contributed by atoms with van der Waals surface area (Å²) >= 11 is 0. The van der Waals surface area contributed by atoms with Gasteiger partial charge in [0, 0.05) is 31.3 Å². The maximum Gasteiger partial charge on any atom is 0.288 e. The Morgan fingerprint density at radius 3 is 2.50 bits per heavy atom. The van der Waals surface area contributed by atoms with Crippen molar-refractivity contribution in [3.8, 4) is 0 Å². The van der Waals surface area contributed by atoms with Crippen LogP contribution < -0.4 is 20.9 Å². The van der Waals surface area contributed by atoms with Gasteiger partial charge in [0.15, 0.2) is 0 Å². The highest BCUT2D eigenvalue weighted by Crippen LogP contribution is 2.31. The number of alkyl halides is 2. The number of ether oxygens (including phenoxy) is 1. The van der Waals surface area contributed by atoms with E-state index in [1.165, 1.54) is 12.1 Å². The van der Waals surface area contributed by atoms with Gasteiger partial charge in [-0.25, -0.2) is 13.2 Å². The number of para-hydroxylation sites is 2.